The number of halogens is 1. The molecule has 1 aromatic carbocycles. The summed E-state index contributed by atoms with van der Waals surface area (Å²) in [7, 11) is -2.09. The third-order valence-corrected chi connectivity index (χ3v) is 6.70. The Morgan fingerprint density at radius 2 is 2.00 bits per heavy atom. The van der Waals surface area contributed by atoms with Crippen molar-refractivity contribution >= 4 is 31.8 Å². The van der Waals surface area contributed by atoms with Gasteiger partial charge in [-0.1, -0.05) is 28.1 Å². The van der Waals surface area contributed by atoms with Gasteiger partial charge in [0.2, 0.25) is 10.0 Å². The topological polar surface area (TPSA) is 80.3 Å². The minimum atomic E-state index is -3.47. The van der Waals surface area contributed by atoms with Gasteiger partial charge in [0.15, 0.2) is 0 Å². The van der Waals surface area contributed by atoms with Gasteiger partial charge < -0.3 is 10.1 Å². The van der Waals surface area contributed by atoms with E-state index in [0.29, 0.717) is 12.4 Å². The molecule has 2 N–H and O–H groups in total. The first kappa shape index (κ1) is 19.3. The Morgan fingerprint density at radius 1 is 1.23 bits per heavy atom. The molecule has 2 aromatic rings. The van der Waals surface area contributed by atoms with Crippen molar-refractivity contribution in [2.24, 2.45) is 0 Å². The minimum absolute atomic E-state index is 0.0422. The van der Waals surface area contributed by atoms with E-state index >= 15 is 0 Å². The Bertz CT molecular complexity index is 850. The molecule has 0 radical (unpaired) electrons. The second kappa shape index (κ2) is 8.04. The van der Waals surface area contributed by atoms with Gasteiger partial charge in [-0.2, -0.15) is 0 Å². The van der Waals surface area contributed by atoms with E-state index < -0.39 is 10.0 Å². The Balaban J connectivity index is 1.78. The van der Waals surface area contributed by atoms with Crippen molar-refractivity contribution in [2.75, 3.05) is 32.1 Å². The number of anilines is 1. The van der Waals surface area contributed by atoms with Crippen LogP contribution < -0.4 is 10.0 Å². The summed E-state index contributed by atoms with van der Waals surface area (Å²) in [6, 6.07) is 11.6. The van der Waals surface area contributed by atoms with Gasteiger partial charge in [0, 0.05) is 35.8 Å². The number of benzene rings is 1. The maximum atomic E-state index is 11.8. The van der Waals surface area contributed by atoms with Crippen LogP contribution in [0.15, 0.2) is 52.0 Å². The number of hydrogen-bond donors (Lipinski definition) is 2. The Kier molecular flexibility index (Phi) is 5.96. The molecule has 0 aliphatic carbocycles. The predicted molar refractivity (Wildman–Crippen MR) is 105 cm³/mol. The lowest BCUT2D eigenvalue weighted by Crippen LogP contribution is -2.40. The Labute approximate surface area is 162 Å². The van der Waals surface area contributed by atoms with Crippen LogP contribution in [0.5, 0.6) is 0 Å². The average Bonchev–Trinajstić information content (AvgIpc) is 2.67. The van der Waals surface area contributed by atoms with E-state index in [1.807, 2.05) is 12.1 Å². The molecule has 0 atom stereocenters. The zero-order chi connectivity index (χ0) is 18.6. The van der Waals surface area contributed by atoms with Gasteiger partial charge in [-0.3, -0.25) is 0 Å². The molecule has 8 heteroatoms. The maximum absolute atomic E-state index is 11.8. The van der Waals surface area contributed by atoms with E-state index in [9.17, 15) is 8.42 Å². The monoisotopic (exact) mass is 439 g/mol. The maximum Gasteiger partial charge on any atom is 0.241 e. The zero-order valence-electron chi connectivity index (χ0n) is 14.5. The van der Waals surface area contributed by atoms with Crippen molar-refractivity contribution < 1.29 is 13.2 Å². The highest BCUT2D eigenvalue weighted by atomic mass is 79.9. The molecular weight excluding hydrogens is 418 g/mol. The first-order valence-corrected chi connectivity index (χ1v) is 10.7. The number of pyridine rings is 1. The standard InChI is InChI=1S/C18H22BrN3O3S/c1-20-26(23,24)16-5-6-17(21-12-16)22-13-18(7-9-25-10-8-18)14-3-2-4-15(19)11-14/h2-6,11-12,20H,7-10,13H2,1H3,(H,21,22). The molecule has 6 nitrogen and oxygen atoms in total. The van der Waals surface area contributed by atoms with Crippen LogP contribution in [0.3, 0.4) is 0 Å². The van der Waals surface area contributed by atoms with Gasteiger partial charge in [-0.25, -0.2) is 18.1 Å². The van der Waals surface area contributed by atoms with Crippen molar-refractivity contribution in [1.29, 1.82) is 0 Å². The van der Waals surface area contributed by atoms with Crippen LogP contribution >= 0.6 is 15.9 Å². The summed E-state index contributed by atoms with van der Waals surface area (Å²) in [6.45, 7) is 2.15. The number of aromatic nitrogens is 1. The van der Waals surface area contributed by atoms with Crippen molar-refractivity contribution in [3.8, 4) is 0 Å². The summed E-state index contributed by atoms with van der Waals surface area (Å²) < 4.78 is 32.5. The molecule has 2 heterocycles. The molecule has 140 valence electrons. The van der Waals surface area contributed by atoms with E-state index in [1.165, 1.54) is 18.8 Å². The van der Waals surface area contributed by atoms with Crippen LogP contribution in [0.25, 0.3) is 0 Å². The number of hydrogen-bond acceptors (Lipinski definition) is 5. The third-order valence-electron chi connectivity index (χ3n) is 4.81. The molecule has 0 saturated carbocycles. The summed E-state index contributed by atoms with van der Waals surface area (Å²) >= 11 is 3.56. The summed E-state index contributed by atoms with van der Waals surface area (Å²) in [5.74, 6) is 0.654. The average molecular weight is 440 g/mol. The highest BCUT2D eigenvalue weighted by molar-refractivity contribution is 9.10. The summed E-state index contributed by atoms with van der Waals surface area (Å²) in [4.78, 5) is 4.40. The van der Waals surface area contributed by atoms with Crippen LogP contribution in [-0.2, 0) is 20.2 Å². The molecule has 1 saturated heterocycles. The van der Waals surface area contributed by atoms with Gasteiger partial charge in [-0.15, -0.1) is 0 Å². The molecule has 1 fully saturated rings. The highest BCUT2D eigenvalue weighted by Gasteiger charge is 2.34. The SMILES string of the molecule is CNS(=O)(=O)c1ccc(NCC2(c3cccc(Br)c3)CCOCC2)nc1. The van der Waals surface area contributed by atoms with E-state index in [-0.39, 0.29) is 10.3 Å². The minimum Gasteiger partial charge on any atom is -0.381 e. The third kappa shape index (κ3) is 4.25. The summed E-state index contributed by atoms with van der Waals surface area (Å²) in [5.41, 5.74) is 1.22. The van der Waals surface area contributed by atoms with Gasteiger partial charge in [-0.05, 0) is 49.7 Å². The second-order valence-electron chi connectivity index (χ2n) is 6.34. The first-order chi connectivity index (χ1) is 12.5. The molecule has 0 amide bonds. The fraction of sp³-hybridized carbons (Fsp3) is 0.389. The van der Waals surface area contributed by atoms with Crippen LogP contribution in [-0.4, -0.2) is 40.2 Å². The van der Waals surface area contributed by atoms with E-state index in [0.717, 1.165) is 30.5 Å². The fourth-order valence-corrected chi connectivity index (χ4v) is 4.24. The number of nitrogens with zero attached hydrogens (tertiary/aromatic N) is 1. The number of nitrogens with one attached hydrogen (secondary N) is 2. The lowest BCUT2D eigenvalue weighted by Gasteiger charge is -2.38. The first-order valence-electron chi connectivity index (χ1n) is 8.42. The van der Waals surface area contributed by atoms with Crippen LogP contribution in [0, 0.1) is 0 Å². The van der Waals surface area contributed by atoms with Crippen LogP contribution in [0.4, 0.5) is 5.82 Å². The quantitative estimate of drug-likeness (QED) is 0.722. The van der Waals surface area contributed by atoms with Crippen LogP contribution in [0.2, 0.25) is 0 Å². The van der Waals surface area contributed by atoms with Gasteiger partial charge in [0.25, 0.3) is 0 Å². The normalized spacial score (nSPS) is 17.0. The lowest BCUT2D eigenvalue weighted by molar-refractivity contribution is 0.0543. The van der Waals surface area contributed by atoms with Gasteiger partial charge in [0.05, 0.1) is 0 Å². The molecule has 0 unspecified atom stereocenters. The van der Waals surface area contributed by atoms with Crippen LogP contribution in [0.1, 0.15) is 18.4 Å². The van der Waals surface area contributed by atoms with Crippen molar-refractivity contribution in [1.82, 2.24) is 9.71 Å². The smallest absolute Gasteiger partial charge is 0.241 e. The molecule has 3 rings (SSSR count). The largest absolute Gasteiger partial charge is 0.381 e. The number of sulfonamides is 1. The van der Waals surface area contributed by atoms with E-state index in [1.54, 1.807) is 12.1 Å². The summed E-state index contributed by atoms with van der Waals surface area (Å²) in [6.07, 6.45) is 3.20. The fourth-order valence-electron chi connectivity index (χ4n) is 3.17. The van der Waals surface area contributed by atoms with Crippen molar-refractivity contribution in [2.45, 2.75) is 23.2 Å². The molecule has 0 spiro atoms. The molecule has 1 aromatic heterocycles. The molecule has 0 bridgehead atoms. The van der Waals surface area contributed by atoms with Crippen molar-refractivity contribution in [3.63, 3.8) is 0 Å². The molecule has 26 heavy (non-hydrogen) atoms. The summed E-state index contributed by atoms with van der Waals surface area (Å²) in [5, 5.41) is 3.37. The van der Waals surface area contributed by atoms with Gasteiger partial charge >= 0.3 is 0 Å². The zero-order valence-corrected chi connectivity index (χ0v) is 16.9. The van der Waals surface area contributed by atoms with E-state index in [4.69, 9.17) is 4.74 Å². The molecular formula is C18H22BrN3O3S. The number of rotatable bonds is 6. The number of ether oxygens (including phenoxy) is 1. The Hall–Kier alpha value is -1.48. The van der Waals surface area contributed by atoms with Gasteiger partial charge in [0.1, 0.15) is 10.7 Å². The van der Waals surface area contributed by atoms with E-state index in [2.05, 4.69) is 43.1 Å². The highest BCUT2D eigenvalue weighted by Crippen LogP contribution is 2.36. The second-order valence-corrected chi connectivity index (χ2v) is 9.15. The molecule has 1 aliphatic heterocycles. The van der Waals surface area contributed by atoms with Crippen molar-refractivity contribution in [3.05, 3.63) is 52.6 Å². The predicted octanol–water partition coefficient (Wildman–Crippen LogP) is 2.91. The lowest BCUT2D eigenvalue weighted by atomic mass is 9.74. The Morgan fingerprint density at radius 3 is 2.62 bits per heavy atom. The molecule has 1 aliphatic rings.